The van der Waals surface area contributed by atoms with Crippen molar-refractivity contribution in [2.75, 3.05) is 0 Å². The number of para-hydroxylation sites is 1. The van der Waals surface area contributed by atoms with Crippen molar-refractivity contribution in [3.63, 3.8) is 0 Å². The highest BCUT2D eigenvalue weighted by atomic mass is 16.6. The van der Waals surface area contributed by atoms with Crippen molar-refractivity contribution in [1.29, 1.82) is 0 Å². The summed E-state index contributed by atoms with van der Waals surface area (Å²) in [6.45, 7) is 0. The molecule has 2 heterocycles. The molecule has 1 aliphatic carbocycles. The first-order chi connectivity index (χ1) is 9.83. The molecule has 0 spiro atoms. The summed E-state index contributed by atoms with van der Waals surface area (Å²) in [4.78, 5) is 19.2. The summed E-state index contributed by atoms with van der Waals surface area (Å²) < 4.78 is 9.67. The molecule has 100 valence electrons. The lowest BCUT2D eigenvalue weighted by molar-refractivity contribution is -0.136. The molecule has 2 aromatic heterocycles. The fourth-order valence-corrected chi connectivity index (χ4v) is 2.82. The van der Waals surface area contributed by atoms with Crippen LogP contribution in [0, 0.1) is 0 Å². The predicted molar refractivity (Wildman–Crippen MR) is 69.3 cm³/mol. The van der Waals surface area contributed by atoms with Gasteiger partial charge in [-0.25, -0.2) is 0 Å². The van der Waals surface area contributed by atoms with E-state index in [0.717, 1.165) is 30.4 Å². The summed E-state index contributed by atoms with van der Waals surface area (Å²) in [6, 6.07) is 8.01. The van der Waals surface area contributed by atoms with Gasteiger partial charge >= 0.3 is 12.0 Å². The second-order valence-corrected chi connectivity index (χ2v) is 4.79. The number of fused-ring (bicyclic) bond motifs is 3. The van der Waals surface area contributed by atoms with Gasteiger partial charge in [-0.2, -0.15) is 4.98 Å². The number of rotatable bonds is 2. The summed E-state index contributed by atoms with van der Waals surface area (Å²) in [5.74, 6) is -0.646. The van der Waals surface area contributed by atoms with Crippen molar-refractivity contribution in [1.82, 2.24) is 15.1 Å². The maximum Gasteiger partial charge on any atom is 0.361 e. The number of aromatic amines is 1. The summed E-state index contributed by atoms with van der Waals surface area (Å²) in [5.41, 5.74) is 3.20. The summed E-state index contributed by atoms with van der Waals surface area (Å²) in [6.07, 6.45) is 2.74. The molecule has 6 heteroatoms. The zero-order chi connectivity index (χ0) is 13.5. The van der Waals surface area contributed by atoms with Crippen LogP contribution in [0.15, 0.2) is 35.2 Å². The molecule has 0 saturated carbocycles. The van der Waals surface area contributed by atoms with Crippen LogP contribution >= 0.6 is 0 Å². The van der Waals surface area contributed by atoms with E-state index in [1.807, 2.05) is 18.2 Å². The molecule has 4 rings (SSSR count). The molecule has 0 bridgehead atoms. The van der Waals surface area contributed by atoms with Crippen molar-refractivity contribution in [3.05, 3.63) is 41.9 Å². The molecule has 6 nitrogen and oxygen atoms in total. The van der Waals surface area contributed by atoms with Gasteiger partial charge in [-0.15, -0.1) is 0 Å². The molecule has 0 fully saturated rings. The highest BCUT2D eigenvalue weighted by Gasteiger charge is 2.33. The standard InChI is InChI=1S/C14H11N3O3/c18-13(20-14-15-7-19-17-14)10-6-5-9-8-3-1-2-4-11(8)16-12(9)10/h1-4,7,10,16H,5-6H2. The van der Waals surface area contributed by atoms with Crippen LogP contribution in [-0.4, -0.2) is 21.1 Å². The zero-order valence-corrected chi connectivity index (χ0v) is 10.5. The number of nitrogens with zero attached hydrogens (tertiary/aromatic N) is 2. The molecule has 1 aliphatic rings. The molecule has 3 aromatic rings. The molecule has 0 aliphatic heterocycles. The maximum atomic E-state index is 12.2. The Balaban J connectivity index is 1.68. The van der Waals surface area contributed by atoms with Gasteiger partial charge in [-0.3, -0.25) is 4.79 Å². The molecule has 0 radical (unpaired) electrons. The van der Waals surface area contributed by atoms with Crippen molar-refractivity contribution in [2.45, 2.75) is 18.8 Å². The number of hydrogen-bond donors (Lipinski definition) is 1. The van der Waals surface area contributed by atoms with Crippen LogP contribution in [0.25, 0.3) is 10.9 Å². The molecule has 0 amide bonds. The van der Waals surface area contributed by atoms with Gasteiger partial charge in [0.05, 0.1) is 5.92 Å². The van der Waals surface area contributed by atoms with E-state index in [-0.39, 0.29) is 17.9 Å². The topological polar surface area (TPSA) is 81.0 Å². The number of carbonyl (C=O) groups is 1. The van der Waals surface area contributed by atoms with E-state index < -0.39 is 0 Å². The lowest BCUT2D eigenvalue weighted by Gasteiger charge is -2.06. The number of aryl methyl sites for hydroxylation is 1. The van der Waals surface area contributed by atoms with Crippen molar-refractivity contribution < 1.29 is 14.1 Å². The minimum absolute atomic E-state index is 0.0421. The number of esters is 1. The highest BCUT2D eigenvalue weighted by Crippen LogP contribution is 2.38. The Morgan fingerprint density at radius 1 is 1.40 bits per heavy atom. The molecular weight excluding hydrogens is 258 g/mol. The lowest BCUT2D eigenvalue weighted by Crippen LogP contribution is -2.17. The van der Waals surface area contributed by atoms with Crippen LogP contribution in [0.2, 0.25) is 0 Å². The SMILES string of the molecule is O=C(Oc1ncon1)C1CCc2c1[nH]c1ccccc21. The molecule has 1 atom stereocenters. The minimum Gasteiger partial charge on any atom is -0.388 e. The van der Waals surface area contributed by atoms with E-state index >= 15 is 0 Å². The van der Waals surface area contributed by atoms with Crippen molar-refractivity contribution in [2.24, 2.45) is 0 Å². The molecular formula is C14H11N3O3. The van der Waals surface area contributed by atoms with E-state index in [0.29, 0.717) is 0 Å². The second kappa shape index (κ2) is 4.19. The number of carbonyl (C=O) groups excluding carboxylic acids is 1. The van der Waals surface area contributed by atoms with E-state index in [1.54, 1.807) is 0 Å². The van der Waals surface area contributed by atoms with Crippen LogP contribution in [0.3, 0.4) is 0 Å². The third-order valence-corrected chi connectivity index (χ3v) is 3.70. The Morgan fingerprint density at radius 3 is 3.15 bits per heavy atom. The quantitative estimate of drug-likeness (QED) is 0.721. The first-order valence-corrected chi connectivity index (χ1v) is 6.40. The van der Waals surface area contributed by atoms with Gasteiger partial charge < -0.3 is 14.2 Å². The van der Waals surface area contributed by atoms with Gasteiger partial charge in [-0.1, -0.05) is 18.2 Å². The summed E-state index contributed by atoms with van der Waals surface area (Å²) in [7, 11) is 0. The normalized spacial score (nSPS) is 17.3. The number of nitrogens with one attached hydrogen (secondary N) is 1. The van der Waals surface area contributed by atoms with Crippen LogP contribution in [0.4, 0.5) is 0 Å². The van der Waals surface area contributed by atoms with E-state index in [4.69, 9.17) is 4.74 Å². The summed E-state index contributed by atoms with van der Waals surface area (Å²) >= 11 is 0. The van der Waals surface area contributed by atoms with E-state index in [9.17, 15) is 4.79 Å². The van der Waals surface area contributed by atoms with Gasteiger partial charge in [0.25, 0.3) is 0 Å². The average molecular weight is 269 g/mol. The summed E-state index contributed by atoms with van der Waals surface area (Å²) in [5, 5.41) is 4.67. The monoisotopic (exact) mass is 269 g/mol. The lowest BCUT2D eigenvalue weighted by atomic mass is 10.1. The number of H-pyrrole nitrogens is 1. The minimum atomic E-state index is -0.350. The van der Waals surface area contributed by atoms with Crippen LogP contribution in [0.5, 0.6) is 6.01 Å². The number of ether oxygens (including phenoxy) is 1. The first kappa shape index (κ1) is 11.2. The third-order valence-electron chi connectivity index (χ3n) is 3.70. The van der Waals surface area contributed by atoms with Gasteiger partial charge in [0.1, 0.15) is 0 Å². The first-order valence-electron chi connectivity index (χ1n) is 6.40. The van der Waals surface area contributed by atoms with Crippen LogP contribution in [0.1, 0.15) is 23.6 Å². The van der Waals surface area contributed by atoms with Crippen molar-refractivity contribution in [3.8, 4) is 6.01 Å². The average Bonchev–Trinajstić information content (AvgIpc) is 3.13. The zero-order valence-electron chi connectivity index (χ0n) is 10.5. The van der Waals surface area contributed by atoms with E-state index in [2.05, 4.69) is 25.7 Å². The fourth-order valence-electron chi connectivity index (χ4n) is 2.82. The Hall–Kier alpha value is -2.63. The van der Waals surface area contributed by atoms with Gasteiger partial charge in [0.15, 0.2) is 0 Å². The molecule has 1 unspecified atom stereocenters. The molecule has 1 N–H and O–H groups in total. The number of benzene rings is 1. The van der Waals surface area contributed by atoms with Gasteiger partial charge in [0.2, 0.25) is 6.39 Å². The second-order valence-electron chi connectivity index (χ2n) is 4.79. The third kappa shape index (κ3) is 1.61. The molecule has 0 saturated heterocycles. The molecule has 1 aromatic carbocycles. The van der Waals surface area contributed by atoms with Gasteiger partial charge in [-0.05, 0) is 29.6 Å². The maximum absolute atomic E-state index is 12.2. The van der Waals surface area contributed by atoms with Gasteiger partial charge in [0, 0.05) is 16.6 Å². The molecule has 20 heavy (non-hydrogen) atoms. The Labute approximate surface area is 113 Å². The largest absolute Gasteiger partial charge is 0.388 e. The van der Waals surface area contributed by atoms with Crippen molar-refractivity contribution >= 4 is 16.9 Å². The number of hydrogen-bond acceptors (Lipinski definition) is 5. The smallest absolute Gasteiger partial charge is 0.361 e. The van der Waals surface area contributed by atoms with E-state index in [1.165, 1.54) is 10.9 Å². The van der Waals surface area contributed by atoms with Crippen LogP contribution in [-0.2, 0) is 11.2 Å². The number of aromatic nitrogens is 3. The Bertz CT molecular complexity index is 776. The fraction of sp³-hybridized carbons (Fsp3) is 0.214. The predicted octanol–water partition coefficient (Wildman–Crippen LogP) is 2.19. The highest BCUT2D eigenvalue weighted by molar-refractivity contribution is 5.90. The Morgan fingerprint density at radius 2 is 2.30 bits per heavy atom. The van der Waals surface area contributed by atoms with Crippen LogP contribution < -0.4 is 4.74 Å². The Kier molecular flexibility index (Phi) is 2.35.